The molecular weight excluding hydrogens is 640 g/mol. The highest BCUT2D eigenvalue weighted by atomic mass is 16.4. The zero-order valence-electron chi connectivity index (χ0n) is 31.8. The maximum Gasteiger partial charge on any atom is 0.328 e. The van der Waals surface area contributed by atoms with Crippen LogP contribution in [0.3, 0.4) is 0 Å². The highest BCUT2D eigenvalue weighted by Crippen LogP contribution is 2.16. The summed E-state index contributed by atoms with van der Waals surface area (Å²) >= 11 is 0. The van der Waals surface area contributed by atoms with Crippen molar-refractivity contribution < 1.29 is 43.5 Å². The molecule has 7 amide bonds. The number of nitrogens with two attached hydrogens (primary N) is 1. The van der Waals surface area contributed by atoms with E-state index in [-0.39, 0.29) is 0 Å². The summed E-state index contributed by atoms with van der Waals surface area (Å²) in [6.07, 6.45) is 0. The third kappa shape index (κ3) is 12.3. The molecule has 0 unspecified atom stereocenters. The average molecular weight is 699 g/mol. The topological polar surface area (TPSA) is 267 Å². The molecule has 0 aromatic heterocycles. The number of rotatable bonds is 15. The van der Waals surface area contributed by atoms with Gasteiger partial charge in [-0.15, -0.1) is 0 Å². The van der Waals surface area contributed by atoms with Crippen LogP contribution in [-0.4, -0.2) is 96.7 Å². The summed E-state index contributed by atoms with van der Waals surface area (Å²) < 4.78 is 0. The monoisotopic (exact) mass is 698 g/mol. The van der Waals surface area contributed by atoms with Crippen molar-refractivity contribution in [2.45, 2.75) is 155 Å². The van der Waals surface area contributed by atoms with Crippen LogP contribution in [0.1, 0.15) is 111 Å². The van der Waals surface area contributed by atoms with Crippen LogP contribution in [-0.2, 0) is 38.4 Å². The van der Waals surface area contributed by atoms with Crippen LogP contribution in [0.2, 0.25) is 0 Å². The van der Waals surface area contributed by atoms with Gasteiger partial charge in [-0.25, -0.2) is 4.79 Å². The fraction of sp³-hybridized carbons (Fsp3) is 0.750. The van der Waals surface area contributed by atoms with Gasteiger partial charge in [0, 0.05) is 0 Å². The molecule has 0 aromatic rings. The molecule has 0 aliphatic heterocycles. The Morgan fingerprint density at radius 2 is 0.469 bits per heavy atom. The highest BCUT2D eigenvalue weighted by Gasteiger charge is 2.45. The van der Waals surface area contributed by atoms with E-state index in [1.165, 1.54) is 111 Å². The van der Waals surface area contributed by atoms with E-state index in [0.717, 1.165) is 0 Å². The maximum atomic E-state index is 13.4. The fourth-order valence-electron chi connectivity index (χ4n) is 3.48. The fourth-order valence-corrected chi connectivity index (χ4v) is 3.48. The van der Waals surface area contributed by atoms with Gasteiger partial charge < -0.3 is 48.1 Å². The molecule has 0 saturated carbocycles. The molecule has 0 bridgehead atoms. The lowest BCUT2D eigenvalue weighted by Crippen LogP contribution is -2.69. The summed E-state index contributed by atoms with van der Waals surface area (Å²) in [4.78, 5) is 103. The van der Waals surface area contributed by atoms with Crippen molar-refractivity contribution in [3.05, 3.63) is 0 Å². The van der Waals surface area contributed by atoms with Crippen LogP contribution in [0.25, 0.3) is 0 Å². The van der Waals surface area contributed by atoms with E-state index >= 15 is 0 Å². The summed E-state index contributed by atoms with van der Waals surface area (Å²) in [5, 5.41) is 26.9. The Labute approximate surface area is 288 Å². The predicted molar refractivity (Wildman–Crippen MR) is 181 cm³/mol. The second-order valence-corrected chi connectivity index (χ2v) is 16.6. The molecule has 0 saturated heterocycles. The molecule has 0 aromatic carbocycles. The van der Waals surface area contributed by atoms with Crippen LogP contribution in [0, 0.1) is 0 Å². The zero-order chi connectivity index (χ0) is 39.6. The first-order valence-electron chi connectivity index (χ1n) is 15.6. The number of carbonyl (C=O) groups is 8. The van der Waals surface area contributed by atoms with Crippen molar-refractivity contribution in [1.29, 1.82) is 0 Å². The number of carboxylic acid groups (broad SMARTS) is 1. The third-order valence-corrected chi connectivity index (χ3v) is 7.51. The SMILES string of the molecule is CC(C)(N)C(=O)NC(C)(C)C(=O)NC(C)(C)C(=O)NC(C)(C)C(=O)NC(C)(C)C(=O)NC(C)(C)C(=O)NC(C)(C)C(=O)NC(C)(C)C(=O)O. The van der Waals surface area contributed by atoms with Crippen molar-refractivity contribution in [2.75, 3.05) is 0 Å². The molecule has 0 heterocycles. The van der Waals surface area contributed by atoms with Crippen molar-refractivity contribution >= 4 is 47.3 Å². The van der Waals surface area contributed by atoms with Gasteiger partial charge in [0.1, 0.15) is 38.8 Å². The van der Waals surface area contributed by atoms with E-state index in [1.807, 2.05) is 0 Å². The molecule has 0 aliphatic carbocycles. The van der Waals surface area contributed by atoms with Gasteiger partial charge in [0.2, 0.25) is 41.4 Å². The molecule has 280 valence electrons. The van der Waals surface area contributed by atoms with Crippen LogP contribution in [0.5, 0.6) is 0 Å². The first kappa shape index (κ1) is 44.7. The zero-order valence-corrected chi connectivity index (χ0v) is 31.8. The molecule has 10 N–H and O–H groups in total. The first-order chi connectivity index (χ1) is 21.3. The summed E-state index contributed by atoms with van der Waals surface area (Å²) in [6.45, 7) is 22.2. The van der Waals surface area contributed by atoms with Gasteiger partial charge in [-0.05, 0) is 111 Å². The van der Waals surface area contributed by atoms with E-state index in [2.05, 4.69) is 37.2 Å². The summed E-state index contributed by atoms with van der Waals surface area (Å²) in [6, 6.07) is 0. The van der Waals surface area contributed by atoms with Crippen molar-refractivity contribution in [2.24, 2.45) is 5.73 Å². The van der Waals surface area contributed by atoms with Crippen LogP contribution < -0.4 is 43.0 Å². The van der Waals surface area contributed by atoms with Gasteiger partial charge in [0.15, 0.2) is 0 Å². The lowest BCUT2D eigenvalue weighted by molar-refractivity contribution is -0.147. The molecule has 0 spiro atoms. The van der Waals surface area contributed by atoms with Crippen LogP contribution in [0.15, 0.2) is 0 Å². The number of hydrogen-bond donors (Lipinski definition) is 9. The van der Waals surface area contributed by atoms with Crippen molar-refractivity contribution in [3.63, 3.8) is 0 Å². The number of aliphatic carboxylic acids is 1. The summed E-state index contributed by atoms with van der Waals surface area (Å²) in [5.41, 5.74) is -6.50. The smallest absolute Gasteiger partial charge is 0.328 e. The Hall–Kier alpha value is -4.28. The van der Waals surface area contributed by atoms with Crippen LogP contribution >= 0.6 is 0 Å². The minimum Gasteiger partial charge on any atom is -0.480 e. The standard InChI is InChI=1S/C32H58N8O9/c1-25(2,33)17(41)34-26(3,4)18(42)35-27(5,6)19(43)36-28(7,8)20(44)37-29(9,10)21(45)38-30(11,12)22(46)39-31(13,14)23(47)40-32(15,16)24(48)49/h33H2,1-16H3,(H,34,41)(H,35,42)(H,36,43)(H,37,44)(H,38,45)(H,39,46)(H,40,47)(H,48,49). The highest BCUT2D eigenvalue weighted by molar-refractivity contribution is 6.02. The van der Waals surface area contributed by atoms with Gasteiger partial charge in [-0.2, -0.15) is 0 Å². The quantitative estimate of drug-likeness (QED) is 0.101. The molecule has 0 radical (unpaired) electrons. The molecule has 0 aliphatic rings. The Kier molecular flexibility index (Phi) is 13.0. The van der Waals surface area contributed by atoms with Gasteiger partial charge in [0.05, 0.1) is 5.54 Å². The molecule has 17 nitrogen and oxygen atoms in total. The second kappa shape index (κ2) is 14.3. The molecule has 49 heavy (non-hydrogen) atoms. The lowest BCUT2D eigenvalue weighted by Gasteiger charge is -2.37. The van der Waals surface area contributed by atoms with E-state index in [4.69, 9.17) is 5.73 Å². The van der Waals surface area contributed by atoms with Crippen molar-refractivity contribution in [3.8, 4) is 0 Å². The van der Waals surface area contributed by atoms with Gasteiger partial charge in [0.25, 0.3) is 0 Å². The number of carboxylic acids is 1. The molecule has 17 heteroatoms. The molecule has 0 atom stereocenters. The Morgan fingerprint density at radius 1 is 0.327 bits per heavy atom. The second-order valence-electron chi connectivity index (χ2n) is 16.6. The number of amides is 7. The Bertz CT molecular complexity index is 1370. The van der Waals surface area contributed by atoms with Crippen LogP contribution in [0.4, 0.5) is 0 Å². The van der Waals surface area contributed by atoms with Gasteiger partial charge in [-0.1, -0.05) is 0 Å². The number of hydrogen-bond acceptors (Lipinski definition) is 9. The number of nitrogens with one attached hydrogen (secondary N) is 7. The van der Waals surface area contributed by atoms with E-state index in [1.54, 1.807) is 0 Å². The van der Waals surface area contributed by atoms with Gasteiger partial charge in [-0.3, -0.25) is 33.6 Å². The van der Waals surface area contributed by atoms with Crippen molar-refractivity contribution in [1.82, 2.24) is 37.2 Å². The van der Waals surface area contributed by atoms with E-state index in [0.29, 0.717) is 0 Å². The maximum absolute atomic E-state index is 13.4. The largest absolute Gasteiger partial charge is 0.480 e. The summed E-state index contributed by atoms with van der Waals surface area (Å²) in [5.74, 6) is -6.42. The Balaban J connectivity index is 5.64. The first-order valence-corrected chi connectivity index (χ1v) is 15.6. The Morgan fingerprint density at radius 3 is 0.612 bits per heavy atom. The summed E-state index contributed by atoms with van der Waals surface area (Å²) in [7, 11) is 0. The number of carbonyl (C=O) groups excluding carboxylic acids is 7. The molecule has 0 rings (SSSR count). The molecule has 0 fully saturated rings. The third-order valence-electron chi connectivity index (χ3n) is 7.51. The normalized spacial score (nSPS) is 13.3. The minimum absolute atomic E-state index is 0.586. The van der Waals surface area contributed by atoms with E-state index in [9.17, 15) is 43.5 Å². The van der Waals surface area contributed by atoms with Gasteiger partial charge >= 0.3 is 5.97 Å². The minimum atomic E-state index is -1.63. The molecular formula is C32H58N8O9. The van der Waals surface area contributed by atoms with E-state index < -0.39 is 91.6 Å². The average Bonchev–Trinajstić information content (AvgIpc) is 2.86. The lowest BCUT2D eigenvalue weighted by atomic mass is 9.94. The predicted octanol–water partition coefficient (Wildman–Crippen LogP) is -0.928.